The fourth-order valence-corrected chi connectivity index (χ4v) is 3.57. The zero-order valence-corrected chi connectivity index (χ0v) is 19.4. The Morgan fingerprint density at radius 3 is 1.84 bits per heavy atom. The van der Waals surface area contributed by atoms with Crippen molar-refractivity contribution in [1.29, 1.82) is 0 Å². The van der Waals surface area contributed by atoms with E-state index in [1.165, 1.54) is 0 Å². The first-order valence-corrected chi connectivity index (χ1v) is 10.6. The maximum absolute atomic E-state index is 12.7. The second-order valence-corrected chi connectivity index (χ2v) is 7.26. The molecule has 0 saturated heterocycles. The minimum Gasteiger partial charge on any atom is -0.490 e. The van der Waals surface area contributed by atoms with Crippen LogP contribution < -0.4 is 25.1 Å². The highest BCUT2D eigenvalue weighted by Gasteiger charge is 2.20. The fraction of sp³-hybridized carbons (Fsp3) is 0.478. The number of hydrogen-bond acceptors (Lipinski definition) is 5. The maximum atomic E-state index is 12.7. The molecule has 2 amide bonds. The summed E-state index contributed by atoms with van der Waals surface area (Å²) in [5, 5.41) is 0. The average molecular weight is 432 g/mol. The summed E-state index contributed by atoms with van der Waals surface area (Å²) in [5.74, 6) is 0.401. The van der Waals surface area contributed by atoms with Crippen molar-refractivity contribution < 1.29 is 23.8 Å². The number of aromatic nitrogens is 1. The van der Waals surface area contributed by atoms with Gasteiger partial charge < -0.3 is 18.8 Å². The van der Waals surface area contributed by atoms with Gasteiger partial charge in [0, 0.05) is 23.0 Å². The highest BCUT2D eigenvalue weighted by atomic mass is 16.5. The van der Waals surface area contributed by atoms with Gasteiger partial charge in [-0.15, -0.1) is 0 Å². The summed E-state index contributed by atoms with van der Waals surface area (Å²) in [6.45, 7) is 14.7. The van der Waals surface area contributed by atoms with E-state index < -0.39 is 5.91 Å². The molecule has 2 rings (SSSR count). The first-order valence-electron chi connectivity index (χ1n) is 10.6. The van der Waals surface area contributed by atoms with Crippen molar-refractivity contribution in [2.24, 2.45) is 0 Å². The summed E-state index contributed by atoms with van der Waals surface area (Å²) in [6, 6.07) is 5.19. The molecule has 170 valence electrons. The molecule has 0 radical (unpaired) electrons. The van der Waals surface area contributed by atoms with Crippen LogP contribution in [0, 0.1) is 13.8 Å². The molecule has 8 heteroatoms. The Morgan fingerprint density at radius 1 is 0.871 bits per heavy atom. The number of benzene rings is 1. The SMILES string of the molecule is CCOc1cc(C(=O)NNC(=O)c2cc(C)n(C(C)C)c2C)cc(OCC)c1OCC. The maximum Gasteiger partial charge on any atom is 0.271 e. The molecule has 0 atom stereocenters. The van der Waals surface area contributed by atoms with Crippen LogP contribution >= 0.6 is 0 Å². The van der Waals surface area contributed by atoms with E-state index >= 15 is 0 Å². The standard InChI is InChI=1S/C23H33N3O5/c1-8-29-19-12-17(13-20(30-9-2)21(19)31-10-3)22(27)24-25-23(28)18-11-15(6)26(14(4)5)16(18)7/h11-14H,8-10H2,1-7H3,(H,24,27)(H,25,28). The highest BCUT2D eigenvalue weighted by Crippen LogP contribution is 2.39. The van der Waals surface area contributed by atoms with Crippen LogP contribution in [0.25, 0.3) is 0 Å². The van der Waals surface area contributed by atoms with E-state index in [-0.39, 0.29) is 17.5 Å². The van der Waals surface area contributed by atoms with Gasteiger partial charge in [-0.25, -0.2) is 0 Å². The molecule has 1 aromatic carbocycles. The van der Waals surface area contributed by atoms with Crippen molar-refractivity contribution in [1.82, 2.24) is 15.4 Å². The molecule has 1 aromatic heterocycles. The lowest BCUT2D eigenvalue weighted by molar-refractivity contribution is 0.0845. The molecule has 31 heavy (non-hydrogen) atoms. The molecule has 0 aliphatic rings. The van der Waals surface area contributed by atoms with E-state index in [1.54, 1.807) is 12.1 Å². The van der Waals surface area contributed by atoms with Gasteiger partial charge in [-0.1, -0.05) is 0 Å². The van der Waals surface area contributed by atoms with Crippen molar-refractivity contribution in [3.05, 3.63) is 40.7 Å². The van der Waals surface area contributed by atoms with Gasteiger partial charge >= 0.3 is 0 Å². The van der Waals surface area contributed by atoms with Crippen LogP contribution in [0.1, 0.15) is 72.8 Å². The quantitative estimate of drug-likeness (QED) is 0.587. The average Bonchev–Trinajstić information content (AvgIpc) is 3.02. The Labute approximate surface area is 183 Å². The largest absolute Gasteiger partial charge is 0.490 e. The predicted octanol–water partition coefficient (Wildman–Crippen LogP) is 3.96. The first kappa shape index (κ1) is 24.1. The van der Waals surface area contributed by atoms with Gasteiger partial charge in [-0.3, -0.25) is 20.4 Å². The van der Waals surface area contributed by atoms with Crippen molar-refractivity contribution in [3.8, 4) is 17.2 Å². The molecule has 0 saturated carbocycles. The number of ether oxygens (including phenoxy) is 3. The predicted molar refractivity (Wildman–Crippen MR) is 119 cm³/mol. The van der Waals surface area contributed by atoms with Crippen LogP contribution in [0.4, 0.5) is 0 Å². The summed E-state index contributed by atoms with van der Waals surface area (Å²) in [5.41, 5.74) is 7.60. The van der Waals surface area contributed by atoms with Crippen molar-refractivity contribution >= 4 is 11.8 Å². The summed E-state index contributed by atoms with van der Waals surface area (Å²) in [4.78, 5) is 25.4. The molecule has 0 aliphatic heterocycles. The van der Waals surface area contributed by atoms with E-state index in [0.717, 1.165) is 11.4 Å². The van der Waals surface area contributed by atoms with E-state index in [0.29, 0.717) is 42.6 Å². The summed E-state index contributed by atoms with van der Waals surface area (Å²) >= 11 is 0. The van der Waals surface area contributed by atoms with Crippen molar-refractivity contribution in [2.75, 3.05) is 19.8 Å². The molecule has 0 bridgehead atoms. The Bertz CT molecular complexity index is 907. The van der Waals surface area contributed by atoms with Gasteiger partial charge in [0.25, 0.3) is 11.8 Å². The smallest absolute Gasteiger partial charge is 0.271 e. The normalized spacial score (nSPS) is 10.7. The second kappa shape index (κ2) is 10.7. The van der Waals surface area contributed by atoms with Gasteiger partial charge in [0.15, 0.2) is 11.5 Å². The molecule has 0 fully saturated rings. The van der Waals surface area contributed by atoms with Gasteiger partial charge in [-0.2, -0.15) is 0 Å². The fourth-order valence-electron chi connectivity index (χ4n) is 3.57. The zero-order chi connectivity index (χ0) is 23.1. The second-order valence-electron chi connectivity index (χ2n) is 7.26. The lowest BCUT2D eigenvalue weighted by Gasteiger charge is -2.17. The molecule has 0 unspecified atom stereocenters. The number of aryl methyl sites for hydroxylation is 1. The third-order valence-electron chi connectivity index (χ3n) is 4.71. The van der Waals surface area contributed by atoms with Crippen LogP contribution in [0.3, 0.4) is 0 Å². The molecule has 0 aliphatic carbocycles. The number of hydrazine groups is 1. The molecule has 2 aromatic rings. The van der Waals surface area contributed by atoms with Gasteiger partial charge in [0.2, 0.25) is 5.75 Å². The topological polar surface area (TPSA) is 90.8 Å². The first-order chi connectivity index (χ1) is 14.7. The molecule has 8 nitrogen and oxygen atoms in total. The number of carbonyl (C=O) groups is 2. The van der Waals surface area contributed by atoms with Gasteiger partial charge in [0.05, 0.1) is 25.4 Å². The van der Waals surface area contributed by atoms with Crippen molar-refractivity contribution in [3.63, 3.8) is 0 Å². The van der Waals surface area contributed by atoms with E-state index in [2.05, 4.69) is 29.3 Å². The number of rotatable bonds is 9. The van der Waals surface area contributed by atoms with Crippen LogP contribution in [0.5, 0.6) is 17.2 Å². The zero-order valence-electron chi connectivity index (χ0n) is 19.4. The third kappa shape index (κ3) is 5.51. The minimum atomic E-state index is -0.490. The summed E-state index contributed by atoms with van der Waals surface area (Å²) < 4.78 is 19.0. The Hall–Kier alpha value is -3.16. The molecule has 0 spiro atoms. The Balaban J connectivity index is 2.23. The number of hydrogen-bond donors (Lipinski definition) is 2. The highest BCUT2D eigenvalue weighted by molar-refractivity contribution is 6.00. The summed E-state index contributed by atoms with van der Waals surface area (Å²) in [6.07, 6.45) is 0. The molecule has 1 heterocycles. The van der Waals surface area contributed by atoms with Crippen molar-refractivity contribution in [2.45, 2.75) is 54.5 Å². The van der Waals surface area contributed by atoms with Crippen LogP contribution in [-0.4, -0.2) is 36.2 Å². The minimum absolute atomic E-state index is 0.231. The Kier molecular flexibility index (Phi) is 8.36. The van der Waals surface area contributed by atoms with Gasteiger partial charge in [-0.05, 0) is 66.7 Å². The number of nitrogens with one attached hydrogen (secondary N) is 2. The molecular formula is C23H33N3O5. The molecule has 2 N–H and O–H groups in total. The summed E-state index contributed by atoms with van der Waals surface area (Å²) in [7, 11) is 0. The van der Waals surface area contributed by atoms with Crippen LogP contribution in [-0.2, 0) is 0 Å². The Morgan fingerprint density at radius 2 is 1.39 bits per heavy atom. The number of amides is 2. The van der Waals surface area contributed by atoms with E-state index in [1.807, 2.05) is 40.7 Å². The lowest BCUT2D eigenvalue weighted by Crippen LogP contribution is -2.41. The lowest BCUT2D eigenvalue weighted by atomic mass is 10.1. The third-order valence-corrected chi connectivity index (χ3v) is 4.71. The van der Waals surface area contributed by atoms with E-state index in [4.69, 9.17) is 14.2 Å². The van der Waals surface area contributed by atoms with Crippen LogP contribution in [0.2, 0.25) is 0 Å². The monoisotopic (exact) mass is 431 g/mol. The van der Waals surface area contributed by atoms with E-state index in [9.17, 15) is 9.59 Å². The van der Waals surface area contributed by atoms with Crippen LogP contribution in [0.15, 0.2) is 18.2 Å². The number of carbonyl (C=O) groups excluding carboxylic acids is 2. The van der Waals surface area contributed by atoms with Gasteiger partial charge in [0.1, 0.15) is 0 Å². The number of nitrogens with zero attached hydrogens (tertiary/aromatic N) is 1. The molecular weight excluding hydrogens is 398 g/mol.